The molecule has 3 aliphatic heterocycles. The number of rotatable bonds is 2. The van der Waals surface area contributed by atoms with Crippen LogP contribution in [0.1, 0.15) is 30.9 Å². The van der Waals surface area contributed by atoms with Crippen LogP contribution in [0.15, 0.2) is 41.5 Å². The van der Waals surface area contributed by atoms with Crippen molar-refractivity contribution in [2.45, 2.75) is 31.7 Å². The molecule has 3 aliphatic rings. The first-order valence-corrected chi connectivity index (χ1v) is 10.2. The van der Waals surface area contributed by atoms with E-state index in [2.05, 4.69) is 25.8 Å². The van der Waals surface area contributed by atoms with Crippen LogP contribution >= 0.6 is 0 Å². The average Bonchev–Trinajstić information content (AvgIpc) is 2.75. The minimum atomic E-state index is 0.0803. The summed E-state index contributed by atoms with van der Waals surface area (Å²) in [5.41, 5.74) is 1.18. The third-order valence-corrected chi connectivity index (χ3v) is 6.47. The van der Waals surface area contributed by atoms with Crippen LogP contribution in [0.4, 0.5) is 5.95 Å². The molecule has 146 valence electrons. The number of hydrogen-bond donors (Lipinski definition) is 0. The minimum absolute atomic E-state index is 0.0803. The van der Waals surface area contributed by atoms with Gasteiger partial charge in [-0.15, -0.1) is 0 Å². The Labute approximate surface area is 164 Å². The highest BCUT2D eigenvalue weighted by molar-refractivity contribution is 5.79. The van der Waals surface area contributed by atoms with Gasteiger partial charge in [0.05, 0.1) is 0 Å². The summed E-state index contributed by atoms with van der Waals surface area (Å²) in [6.45, 7) is 3.89. The summed E-state index contributed by atoms with van der Waals surface area (Å²) in [4.78, 5) is 38.3. The van der Waals surface area contributed by atoms with E-state index >= 15 is 0 Å². The van der Waals surface area contributed by atoms with Gasteiger partial charge in [-0.2, -0.15) is 0 Å². The summed E-state index contributed by atoms with van der Waals surface area (Å²) in [5.74, 6) is 1.78. The van der Waals surface area contributed by atoms with Crippen LogP contribution in [0.5, 0.6) is 0 Å². The maximum atomic E-state index is 13.2. The molecule has 28 heavy (non-hydrogen) atoms. The average molecular weight is 379 g/mol. The number of carbonyl (C=O) groups is 1. The predicted octanol–water partition coefficient (Wildman–Crippen LogP) is 1.50. The van der Waals surface area contributed by atoms with E-state index in [9.17, 15) is 9.59 Å². The minimum Gasteiger partial charge on any atom is -0.341 e. The summed E-state index contributed by atoms with van der Waals surface area (Å²) in [5, 5.41) is 0. The van der Waals surface area contributed by atoms with Crippen LogP contribution < -0.4 is 10.5 Å². The van der Waals surface area contributed by atoms with Crippen molar-refractivity contribution in [1.82, 2.24) is 19.4 Å². The van der Waals surface area contributed by atoms with E-state index < -0.39 is 0 Å². The molecule has 0 aromatic carbocycles. The second-order valence-corrected chi connectivity index (χ2v) is 8.25. The molecule has 2 bridgehead atoms. The maximum absolute atomic E-state index is 13.2. The van der Waals surface area contributed by atoms with E-state index in [0.29, 0.717) is 5.92 Å². The van der Waals surface area contributed by atoms with Gasteiger partial charge in [-0.05, 0) is 37.3 Å². The number of likely N-dealkylation sites (tertiary alicyclic amines) is 1. The van der Waals surface area contributed by atoms with Crippen molar-refractivity contribution >= 4 is 11.9 Å². The standard InChI is InChI=1S/C21H25N5O2/c27-19-4-1-3-18-17-11-15(13-26(18)19)12-25(14-17)20(28)16-5-9-24(10-6-16)21-22-7-2-8-23-21/h1-4,7-8,15-17H,5-6,9-14H2/t15-,17+/m0/s1. The lowest BCUT2D eigenvalue weighted by molar-refractivity contribution is -0.139. The molecule has 0 unspecified atom stereocenters. The van der Waals surface area contributed by atoms with Gasteiger partial charge in [-0.25, -0.2) is 9.97 Å². The lowest BCUT2D eigenvalue weighted by Crippen LogP contribution is -2.51. The molecule has 2 atom stereocenters. The number of anilines is 1. The van der Waals surface area contributed by atoms with Crippen molar-refractivity contribution in [2.75, 3.05) is 31.1 Å². The van der Waals surface area contributed by atoms with Crippen LogP contribution in [0.2, 0.25) is 0 Å². The van der Waals surface area contributed by atoms with Gasteiger partial charge < -0.3 is 14.4 Å². The zero-order chi connectivity index (χ0) is 19.1. The molecule has 7 nitrogen and oxygen atoms in total. The Morgan fingerprint density at radius 1 is 1.00 bits per heavy atom. The molecule has 0 aliphatic carbocycles. The van der Waals surface area contributed by atoms with Crippen molar-refractivity contribution in [2.24, 2.45) is 11.8 Å². The number of hydrogen-bond acceptors (Lipinski definition) is 5. The van der Waals surface area contributed by atoms with E-state index in [-0.39, 0.29) is 23.3 Å². The quantitative estimate of drug-likeness (QED) is 0.791. The monoisotopic (exact) mass is 379 g/mol. The first kappa shape index (κ1) is 17.4. The molecule has 5 heterocycles. The van der Waals surface area contributed by atoms with Gasteiger partial charge in [0.2, 0.25) is 11.9 Å². The smallest absolute Gasteiger partial charge is 0.250 e. The Morgan fingerprint density at radius 3 is 2.57 bits per heavy atom. The normalized spacial score (nSPS) is 24.7. The second-order valence-electron chi connectivity index (χ2n) is 8.25. The maximum Gasteiger partial charge on any atom is 0.250 e. The topological polar surface area (TPSA) is 71.3 Å². The Kier molecular flexibility index (Phi) is 4.37. The van der Waals surface area contributed by atoms with E-state index in [1.807, 2.05) is 16.7 Å². The molecule has 2 fully saturated rings. The van der Waals surface area contributed by atoms with Crippen LogP contribution in [0.3, 0.4) is 0 Å². The first-order chi connectivity index (χ1) is 13.7. The number of nitrogens with zero attached hydrogens (tertiary/aromatic N) is 5. The van der Waals surface area contributed by atoms with Crippen molar-refractivity contribution in [3.8, 4) is 0 Å². The number of aromatic nitrogens is 3. The Hall–Kier alpha value is -2.70. The number of amides is 1. The van der Waals surface area contributed by atoms with Crippen LogP contribution in [-0.4, -0.2) is 51.5 Å². The van der Waals surface area contributed by atoms with E-state index in [0.717, 1.165) is 63.6 Å². The fourth-order valence-electron chi connectivity index (χ4n) is 5.12. The molecule has 5 rings (SSSR count). The molecule has 0 spiro atoms. The summed E-state index contributed by atoms with van der Waals surface area (Å²) >= 11 is 0. The van der Waals surface area contributed by atoms with Gasteiger partial charge in [0.1, 0.15) is 0 Å². The third-order valence-electron chi connectivity index (χ3n) is 6.47. The van der Waals surface area contributed by atoms with Crippen molar-refractivity contribution in [3.05, 3.63) is 52.7 Å². The Bertz CT molecular complexity index is 920. The molecular weight excluding hydrogens is 354 g/mol. The highest BCUT2D eigenvalue weighted by Crippen LogP contribution is 2.36. The highest BCUT2D eigenvalue weighted by Gasteiger charge is 2.38. The van der Waals surface area contributed by atoms with E-state index in [1.165, 1.54) is 0 Å². The zero-order valence-electron chi connectivity index (χ0n) is 15.9. The van der Waals surface area contributed by atoms with Crippen LogP contribution in [0, 0.1) is 11.8 Å². The van der Waals surface area contributed by atoms with Crippen molar-refractivity contribution in [3.63, 3.8) is 0 Å². The molecule has 0 N–H and O–H groups in total. The number of piperidine rings is 2. The fraction of sp³-hybridized carbons (Fsp3) is 0.524. The molecule has 7 heteroatoms. The summed E-state index contributed by atoms with van der Waals surface area (Å²) in [6, 6.07) is 7.35. The van der Waals surface area contributed by atoms with Crippen molar-refractivity contribution < 1.29 is 4.79 Å². The Balaban J connectivity index is 1.26. The number of pyridine rings is 1. The highest BCUT2D eigenvalue weighted by atomic mass is 16.2. The Morgan fingerprint density at radius 2 is 1.79 bits per heavy atom. The van der Waals surface area contributed by atoms with Crippen LogP contribution in [-0.2, 0) is 11.3 Å². The summed E-state index contributed by atoms with van der Waals surface area (Å²) in [7, 11) is 0. The lowest BCUT2D eigenvalue weighted by atomic mass is 9.82. The van der Waals surface area contributed by atoms with Gasteiger partial charge in [-0.1, -0.05) is 6.07 Å². The molecule has 2 aromatic rings. The van der Waals surface area contributed by atoms with E-state index in [1.54, 1.807) is 18.5 Å². The molecule has 0 saturated carbocycles. The van der Waals surface area contributed by atoms with Gasteiger partial charge >= 0.3 is 0 Å². The number of carbonyl (C=O) groups excluding carboxylic acids is 1. The third kappa shape index (κ3) is 3.08. The predicted molar refractivity (Wildman–Crippen MR) is 105 cm³/mol. The zero-order valence-corrected chi connectivity index (χ0v) is 15.9. The first-order valence-electron chi connectivity index (χ1n) is 10.2. The van der Waals surface area contributed by atoms with Crippen molar-refractivity contribution in [1.29, 1.82) is 0 Å². The molecule has 2 saturated heterocycles. The van der Waals surface area contributed by atoms with Gasteiger partial charge in [0.25, 0.3) is 5.56 Å². The fourth-order valence-corrected chi connectivity index (χ4v) is 5.12. The largest absolute Gasteiger partial charge is 0.341 e. The summed E-state index contributed by atoms with van der Waals surface area (Å²) in [6.07, 6.45) is 6.29. The van der Waals surface area contributed by atoms with E-state index in [4.69, 9.17) is 0 Å². The van der Waals surface area contributed by atoms with Crippen LogP contribution in [0.25, 0.3) is 0 Å². The molecule has 1 amide bonds. The van der Waals surface area contributed by atoms with Gasteiger partial charge in [0, 0.05) is 68.7 Å². The molecule has 0 radical (unpaired) electrons. The lowest BCUT2D eigenvalue weighted by Gasteiger charge is -2.44. The SMILES string of the molecule is O=C(C1CCN(c2ncccn2)CC1)N1C[C@@H]2C[C@H](C1)c1cccc(=O)n1C2. The summed E-state index contributed by atoms with van der Waals surface area (Å²) < 4.78 is 1.92. The van der Waals surface area contributed by atoms with Gasteiger partial charge in [-0.3, -0.25) is 9.59 Å². The molecule has 2 aromatic heterocycles. The molecular formula is C21H25N5O2. The second kappa shape index (κ2) is 7.04. The number of fused-ring (bicyclic) bond motifs is 4. The van der Waals surface area contributed by atoms with Gasteiger partial charge in [0.15, 0.2) is 0 Å².